The van der Waals surface area contributed by atoms with Crippen LogP contribution in [0.4, 0.5) is 13.2 Å². The van der Waals surface area contributed by atoms with E-state index in [2.05, 4.69) is 9.62 Å². The first-order chi connectivity index (χ1) is 15.2. The Kier molecular flexibility index (Phi) is 7.80. The molecule has 0 spiro atoms. The molecule has 1 aliphatic heterocycles. The highest BCUT2D eigenvalue weighted by Crippen LogP contribution is 2.41. The van der Waals surface area contributed by atoms with E-state index in [0.29, 0.717) is 31.0 Å². The Hall–Kier alpha value is -1.65. The third-order valence-electron chi connectivity index (χ3n) is 6.76. The van der Waals surface area contributed by atoms with Gasteiger partial charge in [0.25, 0.3) is 0 Å². The molecule has 1 amide bonds. The molecule has 33 heavy (non-hydrogen) atoms. The summed E-state index contributed by atoms with van der Waals surface area (Å²) in [5.41, 5.74) is -0.0164. The molecule has 186 valence electrons. The van der Waals surface area contributed by atoms with E-state index in [1.807, 2.05) is 13.8 Å². The molecule has 4 atom stereocenters. The quantitative estimate of drug-likeness (QED) is 0.608. The number of fused-ring (bicyclic) bond motifs is 1. The summed E-state index contributed by atoms with van der Waals surface area (Å²) in [6.45, 7) is 5.82. The van der Waals surface area contributed by atoms with Crippen LogP contribution in [0.1, 0.15) is 44.2 Å². The summed E-state index contributed by atoms with van der Waals surface area (Å²) >= 11 is 0. The maximum absolute atomic E-state index is 13.2. The average molecular weight is 490 g/mol. The molecule has 0 bridgehead atoms. The number of carbonyl (C=O) groups is 1. The number of hydrogen-bond acceptors (Lipinski definition) is 4. The SMILES string of the molecule is CC(C)C[C@H](NS(C)(=O)=O)C(=O)N(C)[C@@H]1CC[C@H]2CN(Cc3cccc(C(F)(F)F)c3)C[C@H]21. The summed E-state index contributed by atoms with van der Waals surface area (Å²) in [4.78, 5) is 17.1. The van der Waals surface area contributed by atoms with Gasteiger partial charge in [-0.05, 0) is 48.6 Å². The largest absolute Gasteiger partial charge is 0.416 e. The first kappa shape index (κ1) is 26.0. The first-order valence-corrected chi connectivity index (χ1v) is 13.3. The lowest BCUT2D eigenvalue weighted by atomic mass is 9.96. The fourth-order valence-corrected chi connectivity index (χ4v) is 6.10. The van der Waals surface area contributed by atoms with Crippen molar-refractivity contribution in [2.75, 3.05) is 26.4 Å². The lowest BCUT2D eigenvalue weighted by molar-refractivity contribution is -0.137. The minimum Gasteiger partial charge on any atom is -0.341 e. The predicted molar refractivity (Wildman–Crippen MR) is 121 cm³/mol. The zero-order valence-corrected chi connectivity index (χ0v) is 20.4. The molecule has 0 unspecified atom stereocenters. The van der Waals surface area contributed by atoms with Gasteiger partial charge in [-0.25, -0.2) is 13.1 Å². The van der Waals surface area contributed by atoms with Crippen molar-refractivity contribution in [3.63, 3.8) is 0 Å². The van der Waals surface area contributed by atoms with Crippen molar-refractivity contribution in [2.24, 2.45) is 17.8 Å². The van der Waals surface area contributed by atoms with E-state index in [4.69, 9.17) is 0 Å². The van der Waals surface area contributed by atoms with Gasteiger partial charge in [-0.15, -0.1) is 0 Å². The second-order valence-corrected chi connectivity index (χ2v) is 11.8. The minimum atomic E-state index is -4.36. The van der Waals surface area contributed by atoms with Gasteiger partial charge in [0.2, 0.25) is 15.9 Å². The smallest absolute Gasteiger partial charge is 0.341 e. The molecule has 1 saturated carbocycles. The number of sulfonamides is 1. The summed E-state index contributed by atoms with van der Waals surface area (Å²) in [6.07, 6.45) is -1.10. The van der Waals surface area contributed by atoms with E-state index >= 15 is 0 Å². The Morgan fingerprint density at radius 1 is 1.24 bits per heavy atom. The van der Waals surface area contributed by atoms with Crippen LogP contribution in [0.15, 0.2) is 24.3 Å². The van der Waals surface area contributed by atoms with Gasteiger partial charge in [0.1, 0.15) is 6.04 Å². The molecular formula is C23H34F3N3O3S. The second-order valence-electron chi connectivity index (χ2n) is 9.98. The molecule has 1 heterocycles. The maximum atomic E-state index is 13.2. The van der Waals surface area contributed by atoms with Crippen LogP contribution >= 0.6 is 0 Å². The van der Waals surface area contributed by atoms with Crippen molar-refractivity contribution >= 4 is 15.9 Å². The van der Waals surface area contributed by atoms with Crippen LogP contribution in [0.5, 0.6) is 0 Å². The van der Waals surface area contributed by atoms with E-state index < -0.39 is 27.8 Å². The van der Waals surface area contributed by atoms with Crippen LogP contribution in [0, 0.1) is 17.8 Å². The summed E-state index contributed by atoms with van der Waals surface area (Å²) < 4.78 is 65.2. The van der Waals surface area contributed by atoms with E-state index in [1.165, 1.54) is 12.1 Å². The number of amides is 1. The van der Waals surface area contributed by atoms with Crippen LogP contribution in [0.25, 0.3) is 0 Å². The third-order valence-corrected chi connectivity index (χ3v) is 7.47. The van der Waals surface area contributed by atoms with Crippen LogP contribution in [0.3, 0.4) is 0 Å². The molecule has 10 heteroatoms. The van der Waals surface area contributed by atoms with Gasteiger partial charge < -0.3 is 4.90 Å². The van der Waals surface area contributed by atoms with E-state index in [1.54, 1.807) is 18.0 Å². The van der Waals surface area contributed by atoms with Crippen molar-refractivity contribution in [2.45, 2.75) is 57.9 Å². The molecule has 1 saturated heterocycles. The normalized spacial score (nSPS) is 24.8. The molecule has 2 fully saturated rings. The summed E-state index contributed by atoms with van der Waals surface area (Å²) in [5.74, 6) is 0.522. The fourth-order valence-electron chi connectivity index (χ4n) is 5.38. The molecule has 2 aliphatic rings. The monoisotopic (exact) mass is 489 g/mol. The van der Waals surface area contributed by atoms with Gasteiger partial charge in [-0.1, -0.05) is 32.0 Å². The van der Waals surface area contributed by atoms with Crippen LogP contribution in [-0.4, -0.2) is 62.6 Å². The van der Waals surface area contributed by atoms with Crippen molar-refractivity contribution < 1.29 is 26.4 Å². The number of likely N-dealkylation sites (N-methyl/N-ethyl adjacent to an activating group) is 1. The zero-order valence-electron chi connectivity index (χ0n) is 19.6. The Morgan fingerprint density at radius 3 is 2.55 bits per heavy atom. The van der Waals surface area contributed by atoms with Gasteiger partial charge in [0, 0.05) is 32.7 Å². The number of nitrogens with zero attached hydrogens (tertiary/aromatic N) is 2. The number of nitrogens with one attached hydrogen (secondary N) is 1. The van der Waals surface area contributed by atoms with Crippen molar-refractivity contribution in [3.05, 3.63) is 35.4 Å². The Bertz CT molecular complexity index is 952. The third kappa shape index (κ3) is 6.70. The second kappa shape index (κ2) is 9.92. The Labute approximate surface area is 194 Å². The predicted octanol–water partition coefficient (Wildman–Crippen LogP) is 3.34. The summed E-state index contributed by atoms with van der Waals surface area (Å²) in [5, 5.41) is 0. The van der Waals surface area contributed by atoms with Crippen LogP contribution in [0.2, 0.25) is 0 Å². The summed E-state index contributed by atoms with van der Waals surface area (Å²) in [6, 6.07) is 4.63. The molecule has 0 aromatic heterocycles. The molecule has 1 aliphatic carbocycles. The van der Waals surface area contributed by atoms with Gasteiger partial charge >= 0.3 is 6.18 Å². The Morgan fingerprint density at radius 2 is 1.94 bits per heavy atom. The Balaban J connectivity index is 1.67. The number of benzene rings is 1. The molecule has 6 nitrogen and oxygen atoms in total. The van der Waals surface area contributed by atoms with Gasteiger partial charge in [0.15, 0.2) is 0 Å². The van der Waals surface area contributed by atoms with E-state index in [0.717, 1.165) is 31.7 Å². The molecule has 3 rings (SSSR count). The number of carbonyl (C=O) groups excluding carboxylic acids is 1. The minimum absolute atomic E-state index is 0.00923. The lowest BCUT2D eigenvalue weighted by Gasteiger charge is -2.33. The average Bonchev–Trinajstić information content (AvgIpc) is 3.24. The summed E-state index contributed by atoms with van der Waals surface area (Å²) in [7, 11) is -1.79. The van der Waals surface area contributed by atoms with Gasteiger partial charge in [-0.3, -0.25) is 9.69 Å². The van der Waals surface area contributed by atoms with E-state index in [9.17, 15) is 26.4 Å². The topological polar surface area (TPSA) is 69.7 Å². The highest BCUT2D eigenvalue weighted by atomic mass is 32.2. The highest BCUT2D eigenvalue weighted by Gasteiger charge is 2.46. The molecule has 0 radical (unpaired) electrons. The molecule has 1 N–H and O–H groups in total. The highest BCUT2D eigenvalue weighted by molar-refractivity contribution is 7.88. The lowest BCUT2D eigenvalue weighted by Crippen LogP contribution is -2.51. The number of halogens is 3. The number of rotatable bonds is 8. The zero-order chi connectivity index (χ0) is 24.6. The number of likely N-dealkylation sites (tertiary alicyclic amines) is 1. The molecular weight excluding hydrogens is 455 g/mol. The van der Waals surface area contributed by atoms with Crippen molar-refractivity contribution in [1.82, 2.24) is 14.5 Å². The fraction of sp³-hybridized carbons (Fsp3) is 0.696. The van der Waals surface area contributed by atoms with Crippen molar-refractivity contribution in [1.29, 1.82) is 0 Å². The molecule has 1 aromatic rings. The van der Waals surface area contributed by atoms with E-state index in [-0.39, 0.29) is 23.8 Å². The standard InChI is InChI=1S/C23H34F3N3O3S/c1-15(2)10-20(27-33(4,31)32)22(30)28(3)21-9-8-17-13-29(14-19(17)21)12-16-6-5-7-18(11-16)23(24,25)26/h5-7,11,15,17,19-21,27H,8-10,12-14H2,1-4H3/t17-,19+,20-,21+/m0/s1. The van der Waals surface area contributed by atoms with Crippen LogP contribution < -0.4 is 4.72 Å². The number of hydrogen-bond donors (Lipinski definition) is 1. The van der Waals surface area contributed by atoms with Gasteiger partial charge in [0.05, 0.1) is 11.8 Å². The molecule has 1 aromatic carbocycles. The maximum Gasteiger partial charge on any atom is 0.416 e. The van der Waals surface area contributed by atoms with Crippen molar-refractivity contribution in [3.8, 4) is 0 Å². The van der Waals surface area contributed by atoms with Gasteiger partial charge in [-0.2, -0.15) is 13.2 Å². The number of alkyl halides is 3. The van der Waals surface area contributed by atoms with Crippen LogP contribution in [-0.2, 0) is 27.5 Å². The first-order valence-electron chi connectivity index (χ1n) is 11.4.